The van der Waals surface area contributed by atoms with Gasteiger partial charge >= 0.3 is 0 Å². The first-order chi connectivity index (χ1) is 9.97. The van der Waals surface area contributed by atoms with Crippen molar-refractivity contribution < 1.29 is 9.53 Å². The first-order valence-electron chi connectivity index (χ1n) is 6.98. The number of nitrogens with one attached hydrogen (secondary N) is 1. The first kappa shape index (κ1) is 17.8. The maximum atomic E-state index is 11.8. The summed E-state index contributed by atoms with van der Waals surface area (Å²) >= 11 is 1.40. The van der Waals surface area contributed by atoms with E-state index in [1.165, 1.54) is 11.8 Å². The summed E-state index contributed by atoms with van der Waals surface area (Å²) in [5.74, 6) is 1.14. The zero-order valence-corrected chi connectivity index (χ0v) is 14.2. The van der Waals surface area contributed by atoms with E-state index < -0.39 is 0 Å². The van der Waals surface area contributed by atoms with Crippen LogP contribution in [-0.2, 0) is 9.53 Å². The van der Waals surface area contributed by atoms with Gasteiger partial charge < -0.3 is 15.0 Å². The van der Waals surface area contributed by atoms with Gasteiger partial charge in [-0.3, -0.25) is 9.36 Å². The van der Waals surface area contributed by atoms with Crippen molar-refractivity contribution in [3.8, 4) is 0 Å². The molecule has 1 aromatic heterocycles. The van der Waals surface area contributed by atoms with Gasteiger partial charge in [-0.1, -0.05) is 11.8 Å². The second kappa shape index (κ2) is 8.89. The van der Waals surface area contributed by atoms with Gasteiger partial charge in [-0.2, -0.15) is 0 Å². The Hall–Kier alpha value is -1.28. The normalized spacial score (nSPS) is 11.0. The van der Waals surface area contributed by atoms with Crippen molar-refractivity contribution in [2.45, 2.75) is 31.5 Å². The van der Waals surface area contributed by atoms with Gasteiger partial charge in [-0.15, -0.1) is 10.2 Å². The van der Waals surface area contributed by atoms with Gasteiger partial charge in [-0.25, -0.2) is 0 Å². The lowest BCUT2D eigenvalue weighted by molar-refractivity contribution is -0.118. The molecule has 0 aliphatic heterocycles. The molecule has 1 amide bonds. The van der Waals surface area contributed by atoms with Gasteiger partial charge in [0.15, 0.2) is 5.16 Å². The van der Waals surface area contributed by atoms with E-state index in [1.807, 2.05) is 23.6 Å². The average molecular weight is 315 g/mol. The molecule has 1 rings (SSSR count). The molecular weight excluding hydrogens is 290 g/mol. The number of hydrogen-bond acceptors (Lipinski definition) is 6. The zero-order chi connectivity index (χ0) is 15.8. The van der Waals surface area contributed by atoms with Crippen molar-refractivity contribution >= 4 is 23.6 Å². The first-order valence-corrected chi connectivity index (χ1v) is 7.96. The average Bonchev–Trinajstić information content (AvgIpc) is 2.85. The van der Waals surface area contributed by atoms with Crippen LogP contribution in [0.4, 0.5) is 5.95 Å². The molecule has 1 heterocycles. The van der Waals surface area contributed by atoms with Gasteiger partial charge in [0, 0.05) is 40.4 Å². The minimum Gasteiger partial charge on any atom is -0.385 e. The molecule has 0 saturated carbocycles. The van der Waals surface area contributed by atoms with Gasteiger partial charge in [0.1, 0.15) is 0 Å². The summed E-state index contributed by atoms with van der Waals surface area (Å²) in [7, 11) is 5.51. The quantitative estimate of drug-likeness (QED) is 0.545. The van der Waals surface area contributed by atoms with Crippen LogP contribution in [0.1, 0.15) is 26.3 Å². The predicted octanol–water partition coefficient (Wildman–Crippen LogP) is 1.17. The number of hydrogen-bond donors (Lipinski definition) is 1. The summed E-state index contributed by atoms with van der Waals surface area (Å²) in [6.45, 7) is 5.44. The fraction of sp³-hybridized carbons (Fsp3) is 0.769. The fourth-order valence-corrected chi connectivity index (χ4v) is 2.64. The van der Waals surface area contributed by atoms with Gasteiger partial charge in [0.25, 0.3) is 0 Å². The Morgan fingerprint density at radius 1 is 1.43 bits per heavy atom. The fourth-order valence-electron chi connectivity index (χ4n) is 1.75. The number of aromatic nitrogens is 3. The summed E-state index contributed by atoms with van der Waals surface area (Å²) in [6, 6.07) is 0.240. The van der Waals surface area contributed by atoms with E-state index in [2.05, 4.69) is 29.4 Å². The number of methoxy groups -OCH3 is 1. The molecule has 7 nitrogen and oxygen atoms in total. The molecule has 21 heavy (non-hydrogen) atoms. The molecule has 0 unspecified atom stereocenters. The number of nitrogens with zero attached hydrogens (tertiary/aromatic N) is 4. The van der Waals surface area contributed by atoms with E-state index in [0.717, 1.165) is 17.5 Å². The minimum atomic E-state index is 0.000752. The van der Waals surface area contributed by atoms with Crippen molar-refractivity contribution in [1.29, 1.82) is 0 Å². The summed E-state index contributed by atoms with van der Waals surface area (Å²) in [4.78, 5) is 13.7. The molecule has 0 aliphatic rings. The summed E-state index contributed by atoms with van der Waals surface area (Å²) in [6.07, 6.45) is 0.819. The molecule has 0 spiro atoms. The molecule has 0 aliphatic carbocycles. The number of amides is 1. The summed E-state index contributed by atoms with van der Waals surface area (Å²) in [5, 5.41) is 12.0. The number of carbonyl (C=O) groups is 1. The molecular formula is C13H25N5O2S. The van der Waals surface area contributed by atoms with Crippen LogP contribution >= 0.6 is 11.8 Å². The van der Waals surface area contributed by atoms with Gasteiger partial charge in [0.05, 0.1) is 5.75 Å². The van der Waals surface area contributed by atoms with Gasteiger partial charge in [0.2, 0.25) is 11.9 Å². The third kappa shape index (κ3) is 5.55. The van der Waals surface area contributed by atoms with Crippen molar-refractivity contribution in [3.63, 3.8) is 0 Å². The van der Waals surface area contributed by atoms with E-state index in [0.29, 0.717) is 18.9 Å². The van der Waals surface area contributed by atoms with Gasteiger partial charge in [-0.05, 0) is 20.3 Å². The molecule has 120 valence electrons. The van der Waals surface area contributed by atoms with Crippen LogP contribution in [0.5, 0.6) is 0 Å². The maximum Gasteiger partial charge on any atom is 0.230 e. The van der Waals surface area contributed by atoms with Crippen molar-refractivity contribution in [2.24, 2.45) is 0 Å². The lowest BCUT2D eigenvalue weighted by Crippen LogP contribution is -2.27. The van der Waals surface area contributed by atoms with E-state index >= 15 is 0 Å². The summed E-state index contributed by atoms with van der Waals surface area (Å²) in [5.41, 5.74) is 0. The van der Waals surface area contributed by atoms with Crippen LogP contribution in [0.25, 0.3) is 0 Å². The highest BCUT2D eigenvalue weighted by atomic mass is 32.2. The molecule has 1 N–H and O–H groups in total. The second-order valence-electron chi connectivity index (χ2n) is 5.13. The second-order valence-corrected chi connectivity index (χ2v) is 6.07. The molecule has 0 fully saturated rings. The Labute approximate surface area is 130 Å². The molecule has 0 saturated heterocycles. The molecule has 1 aromatic rings. The molecule has 8 heteroatoms. The largest absolute Gasteiger partial charge is 0.385 e. The molecule has 0 atom stereocenters. The van der Waals surface area contributed by atoms with E-state index in [1.54, 1.807) is 7.11 Å². The number of thioether (sulfide) groups is 1. The Morgan fingerprint density at radius 3 is 2.71 bits per heavy atom. The van der Waals surface area contributed by atoms with Crippen molar-refractivity contribution in [3.05, 3.63) is 0 Å². The minimum absolute atomic E-state index is 0.000752. The number of rotatable bonds is 9. The Kier molecular flexibility index (Phi) is 7.52. The summed E-state index contributed by atoms with van der Waals surface area (Å²) < 4.78 is 6.97. The topological polar surface area (TPSA) is 72.3 Å². The van der Waals surface area contributed by atoms with Crippen LogP contribution in [0.3, 0.4) is 0 Å². The smallest absolute Gasteiger partial charge is 0.230 e. The van der Waals surface area contributed by atoms with E-state index in [9.17, 15) is 4.79 Å². The lowest BCUT2D eigenvalue weighted by atomic mass is 10.4. The SMILES string of the molecule is COCCCNC(=O)CSc1nnc(N(C)C)n1C(C)C. The monoisotopic (exact) mass is 315 g/mol. The number of ether oxygens (including phenoxy) is 1. The third-order valence-electron chi connectivity index (χ3n) is 2.74. The Morgan fingerprint density at radius 2 is 2.14 bits per heavy atom. The van der Waals surface area contributed by atoms with Crippen LogP contribution in [0.15, 0.2) is 5.16 Å². The standard InChI is InChI=1S/C13H25N5O2S/c1-10(2)18-12(17(3)4)15-16-13(18)21-9-11(19)14-7-6-8-20-5/h10H,6-9H2,1-5H3,(H,14,19). The van der Waals surface area contributed by atoms with Crippen LogP contribution < -0.4 is 10.2 Å². The number of carbonyl (C=O) groups excluding carboxylic acids is 1. The highest BCUT2D eigenvalue weighted by Gasteiger charge is 2.17. The van der Waals surface area contributed by atoms with E-state index in [-0.39, 0.29) is 11.9 Å². The van der Waals surface area contributed by atoms with Crippen LogP contribution in [-0.4, -0.2) is 60.8 Å². The molecule has 0 aromatic carbocycles. The maximum absolute atomic E-state index is 11.8. The highest BCUT2D eigenvalue weighted by Crippen LogP contribution is 2.24. The van der Waals surface area contributed by atoms with Crippen LogP contribution in [0.2, 0.25) is 0 Å². The Balaban J connectivity index is 2.53. The van der Waals surface area contributed by atoms with Crippen LogP contribution in [0, 0.1) is 0 Å². The lowest BCUT2D eigenvalue weighted by Gasteiger charge is -2.17. The Bertz CT molecular complexity index is 448. The third-order valence-corrected chi connectivity index (χ3v) is 3.69. The van der Waals surface area contributed by atoms with Crippen molar-refractivity contribution in [2.75, 3.05) is 45.0 Å². The molecule has 0 bridgehead atoms. The molecule has 0 radical (unpaired) electrons. The number of anilines is 1. The van der Waals surface area contributed by atoms with E-state index in [4.69, 9.17) is 4.74 Å². The van der Waals surface area contributed by atoms with Crippen molar-refractivity contribution in [1.82, 2.24) is 20.1 Å². The predicted molar refractivity (Wildman–Crippen MR) is 85.0 cm³/mol. The zero-order valence-electron chi connectivity index (χ0n) is 13.4. The highest BCUT2D eigenvalue weighted by molar-refractivity contribution is 7.99.